The summed E-state index contributed by atoms with van der Waals surface area (Å²) in [6.07, 6.45) is 5.46. The highest BCUT2D eigenvalue weighted by molar-refractivity contribution is 7.57. The van der Waals surface area contributed by atoms with E-state index in [4.69, 9.17) is 0 Å². The lowest BCUT2D eigenvalue weighted by atomic mass is 10.0. The van der Waals surface area contributed by atoms with Crippen LogP contribution >= 0.6 is 7.37 Å². The van der Waals surface area contributed by atoms with Crippen LogP contribution in [0.4, 0.5) is 0 Å². The molecule has 1 fully saturated rings. The molecule has 1 N–H and O–H groups in total. The van der Waals surface area contributed by atoms with Gasteiger partial charge in [0, 0.05) is 12.3 Å². The van der Waals surface area contributed by atoms with Gasteiger partial charge in [0.2, 0.25) is 7.37 Å². The molecule has 11 heavy (non-hydrogen) atoms. The zero-order valence-electron chi connectivity index (χ0n) is 6.42. The summed E-state index contributed by atoms with van der Waals surface area (Å²) >= 11 is 0. The molecule has 0 heterocycles. The molecule has 0 spiro atoms. The molecule has 1 rings (SSSR count). The van der Waals surface area contributed by atoms with Crippen molar-refractivity contribution in [3.8, 4) is 0 Å². The smallest absolute Gasteiger partial charge is 0.200 e. The Morgan fingerprint density at radius 2 is 1.73 bits per heavy atom. The van der Waals surface area contributed by atoms with Crippen molar-refractivity contribution in [2.24, 2.45) is 0 Å². The van der Waals surface area contributed by atoms with Gasteiger partial charge in [-0.3, -0.25) is 4.57 Å². The molecule has 0 radical (unpaired) electrons. The fourth-order valence-corrected chi connectivity index (χ4v) is 2.88. The molecule has 0 saturated heterocycles. The molecule has 2 nitrogen and oxygen atoms in total. The van der Waals surface area contributed by atoms with Crippen LogP contribution in [0.25, 0.3) is 0 Å². The molecule has 1 atom stereocenters. The second kappa shape index (κ2) is 4.68. The average molecular weight is 192 g/mol. The highest BCUT2D eigenvalue weighted by Gasteiger charge is 2.26. The van der Waals surface area contributed by atoms with Gasteiger partial charge in [0.05, 0.1) is 0 Å². The van der Waals surface area contributed by atoms with Crippen molar-refractivity contribution in [2.45, 2.75) is 37.8 Å². The number of hydrogen-bond acceptors (Lipinski definition) is 1. The summed E-state index contributed by atoms with van der Waals surface area (Å²) in [4.78, 5) is 9.20. The Morgan fingerprint density at radius 3 is 2.00 bits per heavy atom. The van der Waals surface area contributed by atoms with Crippen molar-refractivity contribution in [2.75, 3.05) is 6.66 Å². The summed E-state index contributed by atoms with van der Waals surface area (Å²) < 4.78 is 11.1. The molecule has 0 aliphatic heterocycles. The third-order valence-corrected chi connectivity index (χ3v) is 4.12. The van der Waals surface area contributed by atoms with Gasteiger partial charge >= 0.3 is 0 Å². The van der Waals surface area contributed by atoms with Crippen molar-refractivity contribution < 1.29 is 9.46 Å². The molecular weight excluding hydrogens is 174 g/mol. The summed E-state index contributed by atoms with van der Waals surface area (Å²) in [7, 11) is -2.74. The minimum atomic E-state index is -2.74. The van der Waals surface area contributed by atoms with E-state index in [-0.39, 0.29) is 23.0 Å². The predicted molar refractivity (Wildman–Crippen MR) is 52.6 cm³/mol. The molecule has 0 aromatic rings. The second-order valence-electron chi connectivity index (χ2n) is 3.24. The van der Waals surface area contributed by atoms with E-state index < -0.39 is 7.37 Å². The van der Waals surface area contributed by atoms with Gasteiger partial charge in [0.15, 0.2) is 17.4 Å². The molecule has 0 aromatic carbocycles. The fraction of sp³-hybridized carbons (Fsp3) is 1.00. The summed E-state index contributed by atoms with van der Waals surface area (Å²) in [6.45, 7) is 1.49. The van der Waals surface area contributed by atoms with Gasteiger partial charge in [-0.15, -0.1) is 0 Å². The second-order valence-corrected chi connectivity index (χ2v) is 5.85. The molecule has 1 saturated carbocycles. The minimum absolute atomic E-state index is 0. The van der Waals surface area contributed by atoms with Gasteiger partial charge in [0.1, 0.15) is 0 Å². The quantitative estimate of drug-likeness (QED) is 0.497. The molecule has 0 amide bonds. The molecule has 1 aliphatic rings. The van der Waals surface area contributed by atoms with E-state index in [1.165, 1.54) is 13.1 Å². The maximum Gasteiger partial charge on any atom is 0.200 e. The lowest BCUT2D eigenvalue weighted by Gasteiger charge is -2.23. The van der Waals surface area contributed by atoms with E-state index in [1.807, 2.05) is 0 Å². The normalized spacial score (nSPS) is 25.3. The molecule has 0 aromatic heterocycles. The maximum absolute atomic E-state index is 11.1. The van der Waals surface area contributed by atoms with Crippen LogP contribution in [-0.4, -0.2) is 34.6 Å². The zero-order chi connectivity index (χ0) is 7.61. The van der Waals surface area contributed by atoms with Crippen LogP contribution in [-0.2, 0) is 4.57 Å². The van der Waals surface area contributed by atoms with Crippen LogP contribution < -0.4 is 0 Å². The molecular formula is C7H18AlO2P. The summed E-state index contributed by atoms with van der Waals surface area (Å²) in [5, 5.41) is 0. The largest absolute Gasteiger partial charge is 0.344 e. The lowest BCUT2D eigenvalue weighted by molar-refractivity contribution is 0.427. The Morgan fingerprint density at radius 1 is 1.27 bits per heavy atom. The first-order valence-corrected chi connectivity index (χ1v) is 6.08. The molecule has 1 unspecified atom stereocenters. The zero-order valence-corrected chi connectivity index (χ0v) is 7.31. The Hall–Kier alpha value is 0.722. The van der Waals surface area contributed by atoms with Crippen molar-refractivity contribution in [3.63, 3.8) is 0 Å². The first-order chi connectivity index (χ1) is 4.61. The van der Waals surface area contributed by atoms with Gasteiger partial charge in [0.25, 0.3) is 0 Å². The predicted octanol–water partition coefficient (Wildman–Crippen LogP) is 1.04. The third-order valence-electron chi connectivity index (χ3n) is 2.25. The fourth-order valence-electron chi connectivity index (χ4n) is 1.56. The highest BCUT2D eigenvalue weighted by Crippen LogP contribution is 2.48. The van der Waals surface area contributed by atoms with Crippen molar-refractivity contribution in [3.05, 3.63) is 0 Å². The topological polar surface area (TPSA) is 37.3 Å². The van der Waals surface area contributed by atoms with Crippen LogP contribution in [0.2, 0.25) is 0 Å². The van der Waals surface area contributed by atoms with E-state index in [9.17, 15) is 9.46 Å². The van der Waals surface area contributed by atoms with Crippen LogP contribution in [0.3, 0.4) is 0 Å². The summed E-state index contributed by atoms with van der Waals surface area (Å²) in [6, 6.07) is 0. The SMILES string of the molecule is CP(=O)(O)C1CCCCC1.[AlH3]. The first kappa shape index (κ1) is 11.7. The van der Waals surface area contributed by atoms with Gasteiger partial charge in [-0.05, 0) is 12.8 Å². The van der Waals surface area contributed by atoms with Gasteiger partial charge in [-0.1, -0.05) is 19.3 Å². The van der Waals surface area contributed by atoms with Crippen molar-refractivity contribution in [1.82, 2.24) is 0 Å². The van der Waals surface area contributed by atoms with Crippen LogP contribution in [0, 0.1) is 0 Å². The molecule has 1 aliphatic carbocycles. The van der Waals surface area contributed by atoms with Crippen LogP contribution in [0.1, 0.15) is 32.1 Å². The van der Waals surface area contributed by atoms with Crippen LogP contribution in [0.15, 0.2) is 0 Å². The summed E-state index contributed by atoms with van der Waals surface area (Å²) in [5.74, 6) is 0. The number of hydrogen-bond donors (Lipinski definition) is 1. The van der Waals surface area contributed by atoms with Gasteiger partial charge in [-0.2, -0.15) is 0 Å². The Labute approximate surface area is 79.0 Å². The maximum atomic E-state index is 11.1. The third kappa shape index (κ3) is 3.76. The van der Waals surface area contributed by atoms with Crippen molar-refractivity contribution >= 4 is 24.7 Å². The number of rotatable bonds is 1. The van der Waals surface area contributed by atoms with Crippen molar-refractivity contribution in [1.29, 1.82) is 0 Å². The average Bonchev–Trinajstić information content (AvgIpc) is 1.88. The van der Waals surface area contributed by atoms with E-state index in [0.717, 1.165) is 25.7 Å². The molecule has 4 heteroatoms. The monoisotopic (exact) mass is 192 g/mol. The highest BCUT2D eigenvalue weighted by atomic mass is 31.2. The Kier molecular flexibility index (Phi) is 4.98. The first-order valence-electron chi connectivity index (χ1n) is 3.90. The molecule has 66 valence electrons. The van der Waals surface area contributed by atoms with Crippen LogP contribution in [0.5, 0.6) is 0 Å². The standard InChI is InChI=1S/C7H15O2P.Al.3H/c1-10(8,9)7-5-3-2-4-6-7;;;;/h7H,2-6H2,1H3,(H,8,9);;;;. The Balaban J connectivity index is 0.000001000. The van der Waals surface area contributed by atoms with E-state index in [2.05, 4.69) is 0 Å². The van der Waals surface area contributed by atoms with E-state index in [0.29, 0.717) is 0 Å². The lowest BCUT2D eigenvalue weighted by Crippen LogP contribution is -2.11. The molecule has 0 bridgehead atoms. The van der Waals surface area contributed by atoms with Gasteiger partial charge < -0.3 is 4.89 Å². The minimum Gasteiger partial charge on any atom is -0.344 e. The van der Waals surface area contributed by atoms with Gasteiger partial charge in [-0.25, -0.2) is 0 Å². The Bertz CT molecular complexity index is 149. The van der Waals surface area contributed by atoms with E-state index >= 15 is 0 Å². The summed E-state index contributed by atoms with van der Waals surface area (Å²) in [5.41, 5.74) is 0.112. The van der Waals surface area contributed by atoms with E-state index in [1.54, 1.807) is 0 Å².